The average Bonchev–Trinajstić information content (AvgIpc) is 1.80. The molecule has 0 aliphatic carbocycles. The molecule has 0 N–H and O–H groups in total. The Labute approximate surface area is 136 Å². The Morgan fingerprint density at radius 1 is 0.714 bits per heavy atom. The van der Waals surface area contributed by atoms with Gasteiger partial charge in [0.15, 0.2) is 0 Å². The van der Waals surface area contributed by atoms with Gasteiger partial charge < -0.3 is 1.43 Å². The number of hydrogen-bond acceptors (Lipinski definition) is 0. The van der Waals surface area contributed by atoms with E-state index in [0.29, 0.717) is 0 Å². The van der Waals surface area contributed by atoms with Gasteiger partial charge >= 0.3 is 51.4 Å². The van der Waals surface area contributed by atoms with Gasteiger partial charge in [0, 0.05) is 0 Å². The van der Waals surface area contributed by atoms with Gasteiger partial charge in [0.25, 0.3) is 0 Å². The monoisotopic (exact) mass is 222 g/mol. The van der Waals surface area contributed by atoms with Crippen LogP contribution >= 0.6 is 0 Å². The summed E-state index contributed by atoms with van der Waals surface area (Å²) in [5.41, 5.74) is 0. The van der Waals surface area contributed by atoms with Crippen molar-refractivity contribution in [1.29, 1.82) is 0 Å². The van der Waals surface area contributed by atoms with Crippen molar-refractivity contribution in [2.45, 2.75) is 60.5 Å². The van der Waals surface area contributed by atoms with Crippen LogP contribution in [0.4, 0.5) is 0 Å². The molecule has 0 fully saturated rings. The Morgan fingerprint density at radius 2 is 0.929 bits per heavy atom. The van der Waals surface area contributed by atoms with Crippen LogP contribution in [-0.2, 0) is 0 Å². The standard InChI is InChI=1S/C12H27B.K.H/c1-10(2)7-13(8-11(3)4)9-12(5)6;;/h10-12H,7-9H2,1-6H3;;/q;+1;-1. The van der Waals surface area contributed by atoms with Gasteiger partial charge in [-0.15, -0.1) is 0 Å². The smallest absolute Gasteiger partial charge is 1.00 e. The van der Waals surface area contributed by atoms with Crippen LogP contribution < -0.4 is 51.4 Å². The fraction of sp³-hybridized carbons (Fsp3) is 1.00. The predicted octanol–water partition coefficient (Wildman–Crippen LogP) is 1.57. The third-order valence-electron chi connectivity index (χ3n) is 2.41. The molecule has 80 valence electrons. The summed E-state index contributed by atoms with van der Waals surface area (Å²) in [6.45, 7) is 15.0. The first-order valence-electron chi connectivity index (χ1n) is 5.91. The molecule has 0 rings (SSSR count). The van der Waals surface area contributed by atoms with Gasteiger partial charge in [-0.3, -0.25) is 0 Å². The van der Waals surface area contributed by atoms with E-state index in [2.05, 4.69) is 41.5 Å². The SMILES string of the molecule is CC(C)CB(CC(C)C)CC(C)C.[H-].[K+]. The van der Waals surface area contributed by atoms with Crippen LogP contribution in [0.3, 0.4) is 0 Å². The van der Waals surface area contributed by atoms with Gasteiger partial charge in [0.1, 0.15) is 6.71 Å². The zero-order valence-corrected chi connectivity index (χ0v) is 14.6. The molecule has 0 aromatic carbocycles. The molecule has 0 heterocycles. The van der Waals surface area contributed by atoms with Crippen molar-refractivity contribution >= 4 is 6.71 Å². The molecular weight excluding hydrogens is 194 g/mol. The van der Waals surface area contributed by atoms with Crippen molar-refractivity contribution in [2.75, 3.05) is 0 Å². The zero-order chi connectivity index (χ0) is 10.4. The van der Waals surface area contributed by atoms with Crippen LogP contribution in [0.5, 0.6) is 0 Å². The average molecular weight is 222 g/mol. The van der Waals surface area contributed by atoms with Crippen LogP contribution in [0.25, 0.3) is 0 Å². The molecule has 0 aliphatic rings. The number of rotatable bonds is 6. The van der Waals surface area contributed by atoms with E-state index in [0.717, 1.165) is 24.5 Å². The second kappa shape index (κ2) is 9.89. The molecule has 0 aromatic heterocycles. The Morgan fingerprint density at radius 3 is 1.07 bits per heavy atom. The third kappa shape index (κ3) is 11.8. The Bertz CT molecular complexity index is 103. The van der Waals surface area contributed by atoms with Gasteiger partial charge in [-0.25, -0.2) is 0 Å². The van der Waals surface area contributed by atoms with Crippen LogP contribution in [0.1, 0.15) is 43.0 Å². The maximum atomic E-state index is 2.34. The van der Waals surface area contributed by atoms with E-state index < -0.39 is 0 Å². The molecule has 0 aliphatic heterocycles. The van der Waals surface area contributed by atoms with Gasteiger partial charge in [-0.2, -0.15) is 0 Å². The van der Waals surface area contributed by atoms with Gasteiger partial charge in [0.05, 0.1) is 0 Å². The van der Waals surface area contributed by atoms with Crippen molar-refractivity contribution in [3.63, 3.8) is 0 Å². The van der Waals surface area contributed by atoms with E-state index in [-0.39, 0.29) is 52.8 Å². The molecule has 0 atom stereocenters. The zero-order valence-electron chi connectivity index (χ0n) is 12.4. The van der Waals surface area contributed by atoms with Gasteiger partial charge in [-0.05, 0) is 0 Å². The molecule has 2 heteroatoms. The van der Waals surface area contributed by atoms with Crippen molar-refractivity contribution in [3.8, 4) is 0 Å². The summed E-state index contributed by atoms with van der Waals surface area (Å²) in [6, 6.07) is 0. The Balaban J connectivity index is -0.000000720. The predicted molar refractivity (Wildman–Crippen MR) is 65.8 cm³/mol. The first kappa shape index (κ1) is 18.1. The summed E-state index contributed by atoms with van der Waals surface area (Å²) in [5.74, 6) is 2.59. The normalized spacial score (nSPS) is 10.9. The van der Waals surface area contributed by atoms with Crippen molar-refractivity contribution in [2.24, 2.45) is 17.8 Å². The summed E-state index contributed by atoms with van der Waals surface area (Å²) >= 11 is 0. The maximum absolute atomic E-state index is 2.34. The fourth-order valence-electron chi connectivity index (χ4n) is 2.29. The summed E-state index contributed by atoms with van der Waals surface area (Å²) < 4.78 is 0. The summed E-state index contributed by atoms with van der Waals surface area (Å²) in [5, 5.41) is 0. The summed E-state index contributed by atoms with van der Waals surface area (Å²) in [4.78, 5) is 0. The van der Waals surface area contributed by atoms with Crippen LogP contribution in [0.15, 0.2) is 0 Å². The third-order valence-corrected chi connectivity index (χ3v) is 2.41. The van der Waals surface area contributed by atoms with Crippen LogP contribution in [-0.4, -0.2) is 6.71 Å². The molecule has 0 radical (unpaired) electrons. The molecule has 14 heavy (non-hydrogen) atoms. The molecule has 0 amide bonds. The molecule has 0 bridgehead atoms. The van der Waals surface area contributed by atoms with Crippen LogP contribution in [0, 0.1) is 17.8 Å². The Hall–Kier alpha value is 1.70. The molecule has 0 aromatic rings. The molecular formula is C12H28BK. The fourth-order valence-corrected chi connectivity index (χ4v) is 2.29. The minimum atomic E-state index is 0. The molecule has 0 nitrogen and oxygen atoms in total. The van der Waals surface area contributed by atoms with Crippen molar-refractivity contribution in [1.82, 2.24) is 0 Å². The second-order valence-corrected chi connectivity index (χ2v) is 5.75. The van der Waals surface area contributed by atoms with Gasteiger partial charge in [-0.1, -0.05) is 78.3 Å². The second-order valence-electron chi connectivity index (χ2n) is 5.75. The molecule has 0 spiro atoms. The maximum Gasteiger partial charge on any atom is 1.00 e. The summed E-state index contributed by atoms with van der Waals surface area (Å²) in [7, 11) is 0. The van der Waals surface area contributed by atoms with E-state index in [1.165, 1.54) is 19.0 Å². The summed E-state index contributed by atoms with van der Waals surface area (Å²) in [6.07, 6.45) is 4.24. The molecule has 0 saturated heterocycles. The quantitative estimate of drug-likeness (QED) is 0.598. The molecule has 0 unspecified atom stereocenters. The van der Waals surface area contributed by atoms with E-state index in [9.17, 15) is 0 Å². The molecule has 0 saturated carbocycles. The minimum Gasteiger partial charge on any atom is -1.00 e. The van der Waals surface area contributed by atoms with Crippen LogP contribution in [0.2, 0.25) is 19.0 Å². The Kier molecular flexibility index (Phi) is 12.8. The largest absolute Gasteiger partial charge is 1.00 e. The van der Waals surface area contributed by atoms with Crippen molar-refractivity contribution in [3.05, 3.63) is 0 Å². The van der Waals surface area contributed by atoms with E-state index in [1.54, 1.807) is 0 Å². The topological polar surface area (TPSA) is 0 Å². The number of hydrogen-bond donors (Lipinski definition) is 0. The van der Waals surface area contributed by atoms with Gasteiger partial charge in [0.2, 0.25) is 0 Å². The van der Waals surface area contributed by atoms with E-state index in [1.807, 2.05) is 0 Å². The van der Waals surface area contributed by atoms with Crippen molar-refractivity contribution < 1.29 is 52.8 Å². The first-order valence-corrected chi connectivity index (χ1v) is 5.91. The van der Waals surface area contributed by atoms with E-state index in [4.69, 9.17) is 0 Å². The van der Waals surface area contributed by atoms with E-state index >= 15 is 0 Å². The minimum absolute atomic E-state index is 0. The first-order chi connectivity index (χ1) is 5.91.